The molecule has 5 nitrogen and oxygen atoms in total. The fourth-order valence-electron chi connectivity index (χ4n) is 1.94. The van der Waals surface area contributed by atoms with Crippen LogP contribution in [-0.4, -0.2) is 37.0 Å². The van der Waals surface area contributed by atoms with Crippen molar-refractivity contribution in [1.82, 2.24) is 4.31 Å². The maximum Gasteiger partial charge on any atom is 0.245 e. The number of anilines is 1. The molecule has 0 aliphatic rings. The molecule has 1 rings (SSSR count). The summed E-state index contributed by atoms with van der Waals surface area (Å²) in [6, 6.07) is 3.52. The van der Waals surface area contributed by atoms with Crippen molar-refractivity contribution in [2.24, 2.45) is 0 Å². The van der Waals surface area contributed by atoms with Gasteiger partial charge in [-0.2, -0.15) is 4.31 Å². The average Bonchev–Trinajstić information content (AvgIpc) is 2.21. The first-order chi connectivity index (χ1) is 8.47. The summed E-state index contributed by atoms with van der Waals surface area (Å²) in [4.78, 5) is 0.124. The Morgan fingerprint density at radius 1 is 1.26 bits per heavy atom. The van der Waals surface area contributed by atoms with Crippen LogP contribution >= 0.6 is 0 Å². The van der Waals surface area contributed by atoms with Crippen LogP contribution in [0.15, 0.2) is 17.0 Å². The third kappa shape index (κ3) is 3.46. The van der Waals surface area contributed by atoms with Gasteiger partial charge in [-0.1, -0.05) is 12.1 Å². The molecule has 0 atom stereocenters. The Hall–Kier alpha value is -1.11. The average molecular weight is 286 g/mol. The van der Waals surface area contributed by atoms with E-state index >= 15 is 0 Å². The molecule has 0 saturated carbocycles. The molecule has 0 aromatic heterocycles. The number of aliphatic hydroxyl groups is 1. The van der Waals surface area contributed by atoms with Crippen molar-refractivity contribution in [2.75, 3.05) is 19.3 Å². The quantitative estimate of drug-likeness (QED) is 0.817. The third-order valence-electron chi connectivity index (χ3n) is 2.89. The van der Waals surface area contributed by atoms with E-state index in [1.165, 1.54) is 7.05 Å². The number of rotatable bonds is 4. The molecular formula is C13H22N2O3S. The second-order valence-corrected chi connectivity index (χ2v) is 7.50. The molecule has 0 amide bonds. The maximum atomic E-state index is 12.5. The Balaban J connectivity index is 3.33. The van der Waals surface area contributed by atoms with Gasteiger partial charge in [-0.3, -0.25) is 0 Å². The molecule has 19 heavy (non-hydrogen) atoms. The second-order valence-electron chi connectivity index (χ2n) is 5.52. The van der Waals surface area contributed by atoms with Crippen molar-refractivity contribution >= 4 is 15.7 Å². The van der Waals surface area contributed by atoms with Gasteiger partial charge in [-0.05, 0) is 38.8 Å². The largest absolute Gasteiger partial charge is 0.397 e. The second kappa shape index (κ2) is 5.11. The van der Waals surface area contributed by atoms with E-state index in [0.717, 1.165) is 9.87 Å². The molecule has 0 saturated heterocycles. The molecule has 3 N–H and O–H groups in total. The fourth-order valence-corrected chi connectivity index (χ4v) is 3.65. The number of hydrogen-bond acceptors (Lipinski definition) is 4. The van der Waals surface area contributed by atoms with E-state index in [2.05, 4.69) is 0 Å². The van der Waals surface area contributed by atoms with E-state index in [1.54, 1.807) is 39.8 Å². The van der Waals surface area contributed by atoms with Crippen molar-refractivity contribution in [3.05, 3.63) is 23.3 Å². The summed E-state index contributed by atoms with van der Waals surface area (Å²) in [7, 11) is -2.27. The Morgan fingerprint density at radius 2 is 1.74 bits per heavy atom. The number of hydrogen-bond donors (Lipinski definition) is 2. The van der Waals surface area contributed by atoms with Gasteiger partial charge in [0.1, 0.15) is 4.90 Å². The van der Waals surface area contributed by atoms with Gasteiger partial charge < -0.3 is 10.8 Å². The standard InChI is InChI=1S/C13H22N2O3S/c1-9-6-7-10(2)12(11(9)14)19(17,18)15(5)8-13(3,4)16/h6-7,16H,8,14H2,1-5H3. The maximum absolute atomic E-state index is 12.5. The minimum absolute atomic E-state index is 0.00214. The van der Waals surface area contributed by atoms with E-state index in [4.69, 9.17) is 5.73 Å². The molecule has 6 heteroatoms. The smallest absolute Gasteiger partial charge is 0.245 e. The summed E-state index contributed by atoms with van der Waals surface area (Å²) in [5.41, 5.74) is 6.39. The fraction of sp³-hybridized carbons (Fsp3) is 0.538. The summed E-state index contributed by atoms with van der Waals surface area (Å²) >= 11 is 0. The van der Waals surface area contributed by atoms with Crippen LogP contribution in [0.4, 0.5) is 5.69 Å². The predicted octanol–water partition coefficient (Wildman–Crippen LogP) is 1.28. The normalized spacial score (nSPS) is 13.0. The van der Waals surface area contributed by atoms with Crippen LogP contribution in [0.2, 0.25) is 0 Å². The van der Waals surface area contributed by atoms with Crippen LogP contribution in [-0.2, 0) is 10.0 Å². The minimum atomic E-state index is -3.71. The van der Waals surface area contributed by atoms with Crippen LogP contribution in [0.25, 0.3) is 0 Å². The number of benzene rings is 1. The van der Waals surface area contributed by atoms with Gasteiger partial charge in [0.25, 0.3) is 0 Å². The molecule has 0 aliphatic heterocycles. The summed E-state index contributed by atoms with van der Waals surface area (Å²) in [6.45, 7) is 6.60. The van der Waals surface area contributed by atoms with Gasteiger partial charge in [0.15, 0.2) is 0 Å². The van der Waals surface area contributed by atoms with Gasteiger partial charge >= 0.3 is 0 Å². The first kappa shape index (κ1) is 15.9. The Bertz CT molecular complexity index is 574. The molecule has 0 unspecified atom stereocenters. The first-order valence-corrected chi connectivity index (χ1v) is 7.45. The molecule has 108 valence electrons. The van der Waals surface area contributed by atoms with Crippen LogP contribution in [0, 0.1) is 13.8 Å². The third-order valence-corrected chi connectivity index (χ3v) is 4.90. The number of sulfonamides is 1. The summed E-state index contributed by atoms with van der Waals surface area (Å²) in [5.74, 6) is 0. The van der Waals surface area contributed by atoms with Crippen LogP contribution in [0.1, 0.15) is 25.0 Å². The zero-order valence-electron chi connectivity index (χ0n) is 12.1. The molecule has 0 fully saturated rings. The van der Waals surface area contributed by atoms with Crippen molar-refractivity contribution in [3.63, 3.8) is 0 Å². The number of likely N-dealkylation sites (N-methyl/N-ethyl adjacent to an activating group) is 1. The zero-order chi connectivity index (χ0) is 15.0. The van der Waals surface area contributed by atoms with Gasteiger partial charge in [0.2, 0.25) is 10.0 Å². The number of aryl methyl sites for hydroxylation is 2. The van der Waals surface area contributed by atoms with E-state index in [9.17, 15) is 13.5 Å². The molecular weight excluding hydrogens is 264 g/mol. The van der Waals surface area contributed by atoms with E-state index in [1.807, 2.05) is 0 Å². The van der Waals surface area contributed by atoms with E-state index in [-0.39, 0.29) is 17.1 Å². The van der Waals surface area contributed by atoms with Gasteiger partial charge in [0, 0.05) is 13.6 Å². The first-order valence-electron chi connectivity index (χ1n) is 6.01. The number of nitrogen functional groups attached to an aromatic ring is 1. The predicted molar refractivity (Wildman–Crippen MR) is 76.4 cm³/mol. The van der Waals surface area contributed by atoms with E-state index in [0.29, 0.717) is 5.56 Å². The molecule has 0 bridgehead atoms. The van der Waals surface area contributed by atoms with Crippen molar-refractivity contribution < 1.29 is 13.5 Å². The Morgan fingerprint density at radius 3 is 2.21 bits per heavy atom. The highest BCUT2D eigenvalue weighted by molar-refractivity contribution is 7.89. The van der Waals surface area contributed by atoms with Crippen LogP contribution in [0.5, 0.6) is 0 Å². The van der Waals surface area contributed by atoms with Crippen molar-refractivity contribution in [2.45, 2.75) is 38.2 Å². The monoisotopic (exact) mass is 286 g/mol. The van der Waals surface area contributed by atoms with Crippen molar-refractivity contribution in [1.29, 1.82) is 0 Å². The van der Waals surface area contributed by atoms with Crippen LogP contribution in [0.3, 0.4) is 0 Å². The summed E-state index contributed by atoms with van der Waals surface area (Å²) in [5, 5.41) is 9.75. The molecule has 0 heterocycles. The lowest BCUT2D eigenvalue weighted by Gasteiger charge is -2.26. The number of nitrogens with two attached hydrogens (primary N) is 1. The van der Waals surface area contributed by atoms with Gasteiger partial charge in [-0.15, -0.1) is 0 Å². The molecule has 0 spiro atoms. The van der Waals surface area contributed by atoms with Gasteiger partial charge in [-0.25, -0.2) is 8.42 Å². The minimum Gasteiger partial charge on any atom is -0.397 e. The topological polar surface area (TPSA) is 83.6 Å². The zero-order valence-corrected chi connectivity index (χ0v) is 12.9. The Kier molecular flexibility index (Phi) is 4.29. The lowest BCUT2D eigenvalue weighted by Crippen LogP contribution is -2.40. The highest BCUT2D eigenvalue weighted by Gasteiger charge is 2.29. The molecule has 1 aromatic rings. The number of nitrogens with zero attached hydrogens (tertiary/aromatic N) is 1. The summed E-state index contributed by atoms with van der Waals surface area (Å²) < 4.78 is 26.2. The van der Waals surface area contributed by atoms with Gasteiger partial charge in [0.05, 0.1) is 11.3 Å². The molecule has 0 radical (unpaired) electrons. The highest BCUT2D eigenvalue weighted by atomic mass is 32.2. The lowest BCUT2D eigenvalue weighted by molar-refractivity contribution is 0.0640. The molecule has 0 aliphatic carbocycles. The molecule has 1 aromatic carbocycles. The van der Waals surface area contributed by atoms with E-state index < -0.39 is 15.6 Å². The van der Waals surface area contributed by atoms with Crippen LogP contribution < -0.4 is 5.73 Å². The SMILES string of the molecule is Cc1ccc(C)c(S(=O)(=O)N(C)CC(C)(C)O)c1N. The lowest BCUT2D eigenvalue weighted by atomic mass is 10.1. The van der Waals surface area contributed by atoms with Crippen molar-refractivity contribution in [3.8, 4) is 0 Å². The highest BCUT2D eigenvalue weighted by Crippen LogP contribution is 2.28. The Labute approximate surface area is 115 Å². The summed E-state index contributed by atoms with van der Waals surface area (Å²) in [6.07, 6.45) is 0.